The number of benzene rings is 1. The number of hydrogen-bond donors (Lipinski definition) is 0. The molecule has 3 heterocycles. The summed E-state index contributed by atoms with van der Waals surface area (Å²) in [7, 11) is 1.66. The molecule has 32 heavy (non-hydrogen) atoms. The molecular weight excluding hydrogens is 421 g/mol. The number of piperidine rings is 1. The molecule has 1 fully saturated rings. The Kier molecular flexibility index (Phi) is 5.55. The van der Waals surface area contributed by atoms with E-state index in [-0.39, 0.29) is 23.3 Å². The summed E-state index contributed by atoms with van der Waals surface area (Å²) in [6.45, 7) is 3.15. The van der Waals surface area contributed by atoms with Gasteiger partial charge in [0.25, 0.3) is 5.56 Å². The first-order valence-electron chi connectivity index (χ1n) is 10.2. The molecule has 1 aromatic carbocycles. The third-order valence-electron chi connectivity index (χ3n) is 5.82. The molecule has 0 amide bonds. The van der Waals surface area contributed by atoms with Crippen LogP contribution in [0.5, 0.6) is 5.75 Å². The van der Waals surface area contributed by atoms with E-state index in [4.69, 9.17) is 4.74 Å². The highest BCUT2D eigenvalue weighted by molar-refractivity contribution is 5.88. The summed E-state index contributed by atoms with van der Waals surface area (Å²) in [6.07, 6.45) is -3.94. The molecule has 0 saturated carbocycles. The number of rotatable bonds is 3. The van der Waals surface area contributed by atoms with Gasteiger partial charge in [-0.25, -0.2) is 4.98 Å². The second-order valence-corrected chi connectivity index (χ2v) is 7.99. The van der Waals surface area contributed by atoms with Gasteiger partial charge in [0, 0.05) is 38.5 Å². The molecule has 0 aliphatic carbocycles. The van der Waals surface area contributed by atoms with E-state index in [2.05, 4.69) is 9.88 Å². The fourth-order valence-corrected chi connectivity index (χ4v) is 4.03. The molecule has 0 N–H and O–H groups in total. The van der Waals surface area contributed by atoms with Gasteiger partial charge in [-0.1, -0.05) is 6.92 Å². The number of aryl methyl sites for hydroxylation is 1. The van der Waals surface area contributed by atoms with Gasteiger partial charge in [-0.3, -0.25) is 4.79 Å². The van der Waals surface area contributed by atoms with Crippen LogP contribution in [0.2, 0.25) is 0 Å². The maximum atomic E-state index is 12.8. The van der Waals surface area contributed by atoms with Gasteiger partial charge in [-0.15, -0.1) is 0 Å². The van der Waals surface area contributed by atoms with Crippen LogP contribution in [0.3, 0.4) is 0 Å². The molecule has 0 radical (unpaired) electrons. The summed E-state index contributed by atoms with van der Waals surface area (Å²) < 4.78 is 45.8. The average Bonchev–Trinajstić information content (AvgIpc) is 2.77. The van der Waals surface area contributed by atoms with Crippen molar-refractivity contribution in [1.82, 2.24) is 9.55 Å². The van der Waals surface area contributed by atoms with Gasteiger partial charge in [0.05, 0.1) is 16.8 Å². The van der Waals surface area contributed by atoms with Gasteiger partial charge in [0.2, 0.25) is 0 Å². The number of aromatic nitrogens is 2. The Morgan fingerprint density at radius 2 is 1.91 bits per heavy atom. The van der Waals surface area contributed by atoms with Gasteiger partial charge in [-0.05, 0) is 36.4 Å². The van der Waals surface area contributed by atoms with Crippen molar-refractivity contribution in [2.24, 2.45) is 13.0 Å². The Bertz CT molecular complexity index is 1250. The molecule has 4 rings (SSSR count). The van der Waals surface area contributed by atoms with Crippen LogP contribution < -0.4 is 15.2 Å². The summed E-state index contributed by atoms with van der Waals surface area (Å²) in [6, 6.07) is 11.6. The lowest BCUT2D eigenvalue weighted by Crippen LogP contribution is -2.45. The number of halogens is 3. The number of pyridine rings is 2. The van der Waals surface area contributed by atoms with Crippen molar-refractivity contribution in [3.05, 3.63) is 64.1 Å². The molecule has 0 unspecified atom stereocenters. The van der Waals surface area contributed by atoms with E-state index in [0.29, 0.717) is 42.0 Å². The SMILES string of the molecule is C[C@@H]1CN(c2cc(=O)n(C)c3ccc(C#N)nc23)CC[C@H]1Oc1ccc(C(F)(F)F)cc1. The first kappa shape index (κ1) is 21.7. The Morgan fingerprint density at radius 3 is 2.53 bits per heavy atom. The number of ether oxygens (including phenoxy) is 1. The van der Waals surface area contributed by atoms with E-state index < -0.39 is 11.7 Å². The Morgan fingerprint density at radius 1 is 1.19 bits per heavy atom. The van der Waals surface area contributed by atoms with Gasteiger partial charge >= 0.3 is 6.18 Å². The van der Waals surface area contributed by atoms with Crippen LogP contribution in [-0.2, 0) is 13.2 Å². The highest BCUT2D eigenvalue weighted by atomic mass is 19.4. The second-order valence-electron chi connectivity index (χ2n) is 7.99. The van der Waals surface area contributed by atoms with Crippen LogP contribution in [0.4, 0.5) is 18.9 Å². The largest absolute Gasteiger partial charge is 0.490 e. The first-order valence-corrected chi connectivity index (χ1v) is 10.2. The molecular formula is C23H21F3N4O2. The van der Waals surface area contributed by atoms with E-state index in [1.807, 2.05) is 13.0 Å². The lowest BCUT2D eigenvalue weighted by molar-refractivity contribution is -0.137. The molecule has 9 heteroatoms. The number of anilines is 1. The van der Waals surface area contributed by atoms with E-state index in [1.165, 1.54) is 22.8 Å². The first-order chi connectivity index (χ1) is 15.2. The van der Waals surface area contributed by atoms with E-state index >= 15 is 0 Å². The third-order valence-corrected chi connectivity index (χ3v) is 5.82. The number of fused-ring (bicyclic) bond motifs is 1. The summed E-state index contributed by atoms with van der Waals surface area (Å²) >= 11 is 0. The fourth-order valence-electron chi connectivity index (χ4n) is 4.03. The number of alkyl halides is 3. The fraction of sp³-hybridized carbons (Fsp3) is 0.348. The van der Waals surface area contributed by atoms with E-state index in [1.54, 1.807) is 19.2 Å². The molecule has 166 valence electrons. The van der Waals surface area contributed by atoms with Crippen LogP contribution in [0.15, 0.2) is 47.3 Å². The van der Waals surface area contributed by atoms with Crippen molar-refractivity contribution in [3.63, 3.8) is 0 Å². The normalized spacial score (nSPS) is 19.1. The Labute approximate surface area is 182 Å². The van der Waals surface area contributed by atoms with Gasteiger partial charge in [-0.2, -0.15) is 18.4 Å². The lowest BCUT2D eigenvalue weighted by Gasteiger charge is -2.38. The molecule has 3 aromatic rings. The van der Waals surface area contributed by atoms with Crippen molar-refractivity contribution in [1.29, 1.82) is 5.26 Å². The Balaban J connectivity index is 1.55. The van der Waals surface area contributed by atoms with Gasteiger partial charge in [0.15, 0.2) is 0 Å². The highest BCUT2D eigenvalue weighted by Crippen LogP contribution is 2.32. The standard InChI is InChI=1S/C23H21F3N4O2/c1-14-13-30(10-9-20(14)32-17-6-3-15(4-7-17)23(24,25)26)19-11-21(31)29(2)18-8-5-16(12-27)28-22(18)19/h3-8,11,14,20H,9-10,13H2,1-2H3/t14-,20-/m1/s1. The van der Waals surface area contributed by atoms with E-state index in [0.717, 1.165) is 12.1 Å². The van der Waals surface area contributed by atoms with E-state index in [9.17, 15) is 23.2 Å². The maximum Gasteiger partial charge on any atom is 0.416 e. The molecule has 1 aliphatic rings. The van der Waals surface area contributed by atoms with Crippen molar-refractivity contribution in [2.75, 3.05) is 18.0 Å². The summed E-state index contributed by atoms with van der Waals surface area (Å²) in [5.41, 5.74) is 1.28. The van der Waals surface area contributed by atoms with Crippen molar-refractivity contribution >= 4 is 16.7 Å². The van der Waals surface area contributed by atoms with Crippen LogP contribution in [0, 0.1) is 17.2 Å². The van der Waals surface area contributed by atoms with Gasteiger partial charge in [0.1, 0.15) is 29.1 Å². The van der Waals surface area contributed by atoms with Crippen molar-refractivity contribution in [3.8, 4) is 11.8 Å². The summed E-state index contributed by atoms with van der Waals surface area (Å²) in [5, 5.41) is 9.23. The molecule has 1 aliphatic heterocycles. The Hall–Kier alpha value is -3.54. The molecule has 0 spiro atoms. The second kappa shape index (κ2) is 8.19. The third kappa shape index (κ3) is 4.13. The van der Waals surface area contributed by atoms with Crippen LogP contribution in [0.25, 0.3) is 11.0 Å². The number of nitriles is 1. The molecule has 0 bridgehead atoms. The van der Waals surface area contributed by atoms with Crippen LogP contribution in [0.1, 0.15) is 24.6 Å². The predicted octanol–water partition coefficient (Wildman–Crippen LogP) is 4.12. The minimum absolute atomic E-state index is 0.0456. The summed E-state index contributed by atoms with van der Waals surface area (Å²) in [4.78, 5) is 19.0. The minimum atomic E-state index is -4.38. The van der Waals surface area contributed by atoms with Gasteiger partial charge < -0.3 is 14.2 Å². The lowest BCUT2D eigenvalue weighted by atomic mass is 9.95. The average molecular weight is 442 g/mol. The highest BCUT2D eigenvalue weighted by Gasteiger charge is 2.31. The van der Waals surface area contributed by atoms with Crippen LogP contribution in [-0.4, -0.2) is 28.7 Å². The van der Waals surface area contributed by atoms with Crippen LogP contribution >= 0.6 is 0 Å². The zero-order valence-electron chi connectivity index (χ0n) is 17.6. The zero-order valence-corrected chi connectivity index (χ0v) is 17.6. The maximum absolute atomic E-state index is 12.8. The smallest absolute Gasteiger partial charge is 0.416 e. The number of hydrogen-bond acceptors (Lipinski definition) is 5. The topological polar surface area (TPSA) is 71.2 Å². The number of nitrogens with zero attached hydrogens (tertiary/aromatic N) is 4. The van der Waals surface area contributed by atoms with Crippen molar-refractivity contribution in [2.45, 2.75) is 25.6 Å². The monoisotopic (exact) mass is 442 g/mol. The van der Waals surface area contributed by atoms with Crippen molar-refractivity contribution < 1.29 is 17.9 Å². The summed E-state index contributed by atoms with van der Waals surface area (Å²) in [5.74, 6) is 0.437. The molecule has 6 nitrogen and oxygen atoms in total. The quantitative estimate of drug-likeness (QED) is 0.610. The molecule has 2 atom stereocenters. The molecule has 2 aromatic heterocycles. The predicted molar refractivity (Wildman–Crippen MR) is 114 cm³/mol. The minimum Gasteiger partial charge on any atom is -0.490 e. The zero-order chi connectivity index (χ0) is 23.0. The molecule has 1 saturated heterocycles.